The molecular weight excluding hydrogens is 200 g/mol. The van der Waals surface area contributed by atoms with Crippen LogP contribution >= 0.6 is 0 Å². The number of hydrogen-bond donors (Lipinski definition) is 1. The van der Waals surface area contributed by atoms with Gasteiger partial charge < -0.3 is 10.2 Å². The second-order valence-electron chi connectivity index (χ2n) is 4.12. The fourth-order valence-electron chi connectivity index (χ4n) is 1.50. The Morgan fingerprint density at radius 3 is 2.75 bits per heavy atom. The highest BCUT2D eigenvalue weighted by atomic mass is 15.2. The van der Waals surface area contributed by atoms with Gasteiger partial charge in [-0.3, -0.25) is 0 Å². The van der Waals surface area contributed by atoms with Crippen LogP contribution in [0.4, 0.5) is 5.95 Å². The smallest absolute Gasteiger partial charge is 0.225 e. The fraction of sp³-hybridized carbons (Fsp3) is 0.500. The lowest BCUT2D eigenvalue weighted by atomic mass is 10.2. The van der Waals surface area contributed by atoms with Crippen LogP contribution in [0.2, 0.25) is 0 Å². The van der Waals surface area contributed by atoms with Crippen molar-refractivity contribution in [2.45, 2.75) is 20.4 Å². The molecule has 1 heterocycles. The minimum absolute atomic E-state index is 0.750. The quantitative estimate of drug-likeness (QED) is 0.764. The van der Waals surface area contributed by atoms with Crippen LogP contribution < -0.4 is 10.2 Å². The number of nitrogens with one attached hydrogen (secondary N) is 1. The molecule has 0 saturated heterocycles. The SMILES string of the molecule is C=C(C)CN(C)c1ncc(CNC)c(C)n1. The van der Waals surface area contributed by atoms with E-state index >= 15 is 0 Å². The third kappa shape index (κ3) is 3.31. The van der Waals surface area contributed by atoms with E-state index in [0.717, 1.165) is 35.9 Å². The van der Waals surface area contributed by atoms with Gasteiger partial charge in [-0.2, -0.15) is 0 Å². The molecule has 0 bridgehead atoms. The van der Waals surface area contributed by atoms with E-state index in [1.54, 1.807) is 0 Å². The molecule has 0 radical (unpaired) electrons. The molecular formula is C12H20N4. The average molecular weight is 220 g/mol. The monoisotopic (exact) mass is 220 g/mol. The minimum atomic E-state index is 0.750. The normalized spacial score (nSPS) is 10.2. The summed E-state index contributed by atoms with van der Waals surface area (Å²) in [5.41, 5.74) is 3.26. The van der Waals surface area contributed by atoms with Crippen molar-refractivity contribution in [1.82, 2.24) is 15.3 Å². The van der Waals surface area contributed by atoms with Crippen LogP contribution in [-0.4, -0.2) is 30.6 Å². The van der Waals surface area contributed by atoms with E-state index < -0.39 is 0 Å². The van der Waals surface area contributed by atoms with Gasteiger partial charge in [-0.15, -0.1) is 0 Å². The number of hydrogen-bond acceptors (Lipinski definition) is 4. The molecule has 0 aliphatic carbocycles. The summed E-state index contributed by atoms with van der Waals surface area (Å²) in [5, 5.41) is 3.10. The van der Waals surface area contributed by atoms with Crippen LogP contribution in [0.3, 0.4) is 0 Å². The second-order valence-corrected chi connectivity index (χ2v) is 4.12. The lowest BCUT2D eigenvalue weighted by Crippen LogP contribution is -2.22. The maximum absolute atomic E-state index is 4.48. The second kappa shape index (κ2) is 5.61. The summed E-state index contributed by atoms with van der Waals surface area (Å²) >= 11 is 0. The number of aromatic nitrogens is 2. The van der Waals surface area contributed by atoms with Crippen molar-refractivity contribution < 1.29 is 0 Å². The molecule has 0 atom stereocenters. The van der Waals surface area contributed by atoms with E-state index in [4.69, 9.17) is 0 Å². The highest BCUT2D eigenvalue weighted by Gasteiger charge is 2.06. The van der Waals surface area contributed by atoms with Crippen LogP contribution in [0, 0.1) is 6.92 Å². The summed E-state index contributed by atoms with van der Waals surface area (Å²) in [6.07, 6.45) is 1.88. The van der Waals surface area contributed by atoms with Crippen LogP contribution in [0.5, 0.6) is 0 Å². The lowest BCUT2D eigenvalue weighted by Gasteiger charge is -2.17. The summed E-state index contributed by atoms with van der Waals surface area (Å²) in [4.78, 5) is 10.8. The van der Waals surface area contributed by atoms with Gasteiger partial charge in [0.15, 0.2) is 0 Å². The summed E-state index contributed by atoms with van der Waals surface area (Å²) in [6, 6.07) is 0. The number of aryl methyl sites for hydroxylation is 1. The van der Waals surface area contributed by atoms with Gasteiger partial charge in [0.2, 0.25) is 5.95 Å². The van der Waals surface area contributed by atoms with Crippen molar-refractivity contribution in [1.29, 1.82) is 0 Å². The number of rotatable bonds is 5. The summed E-state index contributed by atoms with van der Waals surface area (Å²) < 4.78 is 0. The lowest BCUT2D eigenvalue weighted by molar-refractivity contribution is 0.790. The Hall–Kier alpha value is -1.42. The molecule has 0 aromatic carbocycles. The molecule has 4 heteroatoms. The Morgan fingerprint density at radius 2 is 2.25 bits per heavy atom. The number of nitrogens with zero attached hydrogens (tertiary/aromatic N) is 3. The predicted molar refractivity (Wildman–Crippen MR) is 67.6 cm³/mol. The van der Waals surface area contributed by atoms with Crippen LogP contribution in [0.1, 0.15) is 18.2 Å². The molecule has 1 aromatic heterocycles. The molecule has 0 amide bonds. The number of anilines is 1. The minimum Gasteiger partial charge on any atom is -0.340 e. The van der Waals surface area contributed by atoms with Crippen molar-refractivity contribution in [3.8, 4) is 0 Å². The molecule has 0 aliphatic rings. The van der Waals surface area contributed by atoms with Crippen molar-refractivity contribution in [3.05, 3.63) is 29.6 Å². The zero-order valence-electron chi connectivity index (χ0n) is 10.5. The van der Waals surface area contributed by atoms with E-state index in [1.165, 1.54) is 0 Å². The van der Waals surface area contributed by atoms with E-state index in [2.05, 4.69) is 21.9 Å². The maximum atomic E-state index is 4.48. The zero-order valence-corrected chi connectivity index (χ0v) is 10.5. The van der Waals surface area contributed by atoms with Crippen LogP contribution in [0.25, 0.3) is 0 Å². The zero-order chi connectivity index (χ0) is 12.1. The highest BCUT2D eigenvalue weighted by molar-refractivity contribution is 5.33. The third-order valence-electron chi connectivity index (χ3n) is 2.28. The molecule has 0 unspecified atom stereocenters. The largest absolute Gasteiger partial charge is 0.340 e. The standard InChI is InChI=1S/C12H20N4/c1-9(2)8-16(5)12-14-7-11(6-13-4)10(3)15-12/h7,13H,1,6,8H2,2-5H3. The van der Waals surface area contributed by atoms with Crippen LogP contribution in [0.15, 0.2) is 18.3 Å². The molecule has 0 aliphatic heterocycles. The average Bonchev–Trinajstić information content (AvgIpc) is 2.20. The first-order chi connectivity index (χ1) is 7.54. The Labute approximate surface area is 97.4 Å². The summed E-state index contributed by atoms with van der Waals surface area (Å²) in [6.45, 7) is 9.47. The van der Waals surface area contributed by atoms with Gasteiger partial charge in [0.25, 0.3) is 0 Å². The van der Waals surface area contributed by atoms with Crippen molar-refractivity contribution >= 4 is 5.95 Å². The predicted octanol–water partition coefficient (Wildman–Crippen LogP) is 1.52. The number of likely N-dealkylation sites (N-methyl/N-ethyl adjacent to an activating group) is 1. The fourth-order valence-corrected chi connectivity index (χ4v) is 1.50. The van der Waals surface area contributed by atoms with Crippen molar-refractivity contribution in [2.75, 3.05) is 25.5 Å². The highest BCUT2D eigenvalue weighted by Crippen LogP contribution is 2.10. The van der Waals surface area contributed by atoms with E-state index in [1.807, 2.05) is 39.0 Å². The molecule has 16 heavy (non-hydrogen) atoms. The van der Waals surface area contributed by atoms with E-state index in [9.17, 15) is 0 Å². The van der Waals surface area contributed by atoms with E-state index in [0.29, 0.717) is 0 Å². The Bertz CT molecular complexity index is 373. The van der Waals surface area contributed by atoms with Gasteiger partial charge in [0.05, 0.1) is 0 Å². The summed E-state index contributed by atoms with van der Waals surface area (Å²) in [5.74, 6) is 0.750. The van der Waals surface area contributed by atoms with E-state index in [-0.39, 0.29) is 0 Å². The Kier molecular flexibility index (Phi) is 4.43. The first kappa shape index (κ1) is 12.6. The molecule has 1 aromatic rings. The first-order valence-electron chi connectivity index (χ1n) is 5.37. The molecule has 4 nitrogen and oxygen atoms in total. The van der Waals surface area contributed by atoms with Gasteiger partial charge in [0, 0.05) is 37.6 Å². The summed E-state index contributed by atoms with van der Waals surface area (Å²) in [7, 11) is 3.89. The molecule has 0 fully saturated rings. The molecule has 1 N–H and O–H groups in total. The molecule has 1 rings (SSSR count). The topological polar surface area (TPSA) is 41.1 Å². The molecule has 88 valence electrons. The van der Waals surface area contributed by atoms with Gasteiger partial charge in [-0.25, -0.2) is 9.97 Å². The third-order valence-corrected chi connectivity index (χ3v) is 2.28. The Morgan fingerprint density at radius 1 is 1.56 bits per heavy atom. The molecule has 0 saturated carbocycles. The van der Waals surface area contributed by atoms with Gasteiger partial charge in [-0.05, 0) is 20.9 Å². The van der Waals surface area contributed by atoms with Crippen molar-refractivity contribution in [3.63, 3.8) is 0 Å². The Balaban J connectivity index is 2.83. The first-order valence-corrected chi connectivity index (χ1v) is 5.37. The van der Waals surface area contributed by atoms with Gasteiger partial charge in [0.1, 0.15) is 0 Å². The maximum Gasteiger partial charge on any atom is 0.225 e. The van der Waals surface area contributed by atoms with Gasteiger partial charge in [-0.1, -0.05) is 12.2 Å². The van der Waals surface area contributed by atoms with Crippen molar-refractivity contribution in [2.24, 2.45) is 0 Å². The van der Waals surface area contributed by atoms with Gasteiger partial charge >= 0.3 is 0 Å². The molecule has 0 spiro atoms. The van der Waals surface area contributed by atoms with Crippen LogP contribution in [-0.2, 0) is 6.54 Å².